The average molecular weight is 322 g/mol. The van der Waals surface area contributed by atoms with Crippen LogP contribution in [0.1, 0.15) is 57.1 Å². The summed E-state index contributed by atoms with van der Waals surface area (Å²) in [6.07, 6.45) is 6.05. The Morgan fingerprint density at radius 2 is 1.58 bits per heavy atom. The van der Waals surface area contributed by atoms with E-state index in [0.29, 0.717) is 12.5 Å². The molecular formula is C23H30O. The summed E-state index contributed by atoms with van der Waals surface area (Å²) in [5.74, 6) is 0.312. The summed E-state index contributed by atoms with van der Waals surface area (Å²) >= 11 is 0. The van der Waals surface area contributed by atoms with Gasteiger partial charge in [0.05, 0.1) is 12.7 Å². The molecule has 0 heterocycles. The fourth-order valence-electron chi connectivity index (χ4n) is 3.00. The molecule has 2 atom stereocenters. The number of ether oxygens (including phenoxy) is 1. The smallest absolute Gasteiger partial charge is 0.0721 e. The van der Waals surface area contributed by atoms with Crippen LogP contribution in [0.15, 0.2) is 72.3 Å². The zero-order valence-electron chi connectivity index (χ0n) is 15.2. The molecule has 128 valence electrons. The summed E-state index contributed by atoms with van der Waals surface area (Å²) in [6.45, 7) is 7.26. The maximum atomic E-state index is 6.40. The van der Waals surface area contributed by atoms with Crippen LogP contribution in [0.3, 0.4) is 0 Å². The molecule has 1 heteroatoms. The van der Waals surface area contributed by atoms with Crippen LogP contribution in [0.2, 0.25) is 0 Å². The van der Waals surface area contributed by atoms with E-state index in [9.17, 15) is 0 Å². The first-order chi connectivity index (χ1) is 11.7. The van der Waals surface area contributed by atoms with Crippen molar-refractivity contribution in [3.63, 3.8) is 0 Å². The first-order valence-electron chi connectivity index (χ1n) is 9.06. The molecular weight excluding hydrogens is 292 g/mol. The SMILES string of the molecule is CCCC[C@H](OCc1ccccc1)[C@@H](C=C(C)C)c1ccccc1. The van der Waals surface area contributed by atoms with Gasteiger partial charge < -0.3 is 4.74 Å². The molecule has 24 heavy (non-hydrogen) atoms. The van der Waals surface area contributed by atoms with E-state index < -0.39 is 0 Å². The zero-order valence-corrected chi connectivity index (χ0v) is 15.2. The van der Waals surface area contributed by atoms with Crippen LogP contribution in [0.5, 0.6) is 0 Å². The third-order valence-electron chi connectivity index (χ3n) is 4.25. The highest BCUT2D eigenvalue weighted by atomic mass is 16.5. The van der Waals surface area contributed by atoms with Gasteiger partial charge in [0.15, 0.2) is 0 Å². The van der Waals surface area contributed by atoms with Crippen molar-refractivity contribution in [3.8, 4) is 0 Å². The largest absolute Gasteiger partial charge is 0.373 e. The molecule has 0 radical (unpaired) electrons. The highest BCUT2D eigenvalue weighted by molar-refractivity contribution is 5.26. The topological polar surface area (TPSA) is 9.23 Å². The molecule has 0 N–H and O–H groups in total. The Morgan fingerprint density at radius 3 is 2.17 bits per heavy atom. The molecule has 0 saturated heterocycles. The molecule has 0 aliphatic rings. The third-order valence-corrected chi connectivity index (χ3v) is 4.25. The first-order valence-corrected chi connectivity index (χ1v) is 9.06. The van der Waals surface area contributed by atoms with Gasteiger partial charge in [-0.05, 0) is 31.4 Å². The Labute approximate surface area is 147 Å². The summed E-state index contributed by atoms with van der Waals surface area (Å²) in [4.78, 5) is 0. The van der Waals surface area contributed by atoms with Gasteiger partial charge in [-0.1, -0.05) is 92.1 Å². The Kier molecular flexibility index (Phi) is 7.77. The van der Waals surface area contributed by atoms with Gasteiger partial charge in [0.1, 0.15) is 0 Å². The van der Waals surface area contributed by atoms with Gasteiger partial charge >= 0.3 is 0 Å². The van der Waals surface area contributed by atoms with E-state index >= 15 is 0 Å². The predicted molar refractivity (Wildman–Crippen MR) is 103 cm³/mol. The second kappa shape index (κ2) is 10.1. The lowest BCUT2D eigenvalue weighted by Gasteiger charge is -2.26. The lowest BCUT2D eigenvalue weighted by Crippen LogP contribution is -2.21. The van der Waals surface area contributed by atoms with Gasteiger partial charge in [-0.3, -0.25) is 0 Å². The van der Waals surface area contributed by atoms with E-state index in [4.69, 9.17) is 4.74 Å². The molecule has 0 spiro atoms. The minimum absolute atomic E-state index is 0.211. The van der Waals surface area contributed by atoms with Crippen LogP contribution in [0, 0.1) is 0 Å². The molecule has 0 aromatic heterocycles. The number of hydrogen-bond donors (Lipinski definition) is 0. The van der Waals surface area contributed by atoms with Crippen molar-refractivity contribution in [2.45, 2.75) is 58.7 Å². The molecule has 0 aliphatic carbocycles. The molecule has 0 bridgehead atoms. The second-order valence-corrected chi connectivity index (χ2v) is 6.66. The van der Waals surface area contributed by atoms with Crippen LogP contribution in [-0.2, 0) is 11.3 Å². The van der Waals surface area contributed by atoms with Crippen LogP contribution >= 0.6 is 0 Å². The van der Waals surface area contributed by atoms with Crippen molar-refractivity contribution in [1.29, 1.82) is 0 Å². The van der Waals surface area contributed by atoms with Gasteiger partial charge in [-0.15, -0.1) is 0 Å². The van der Waals surface area contributed by atoms with E-state index in [1.54, 1.807) is 0 Å². The van der Waals surface area contributed by atoms with Crippen LogP contribution < -0.4 is 0 Å². The van der Waals surface area contributed by atoms with Gasteiger partial charge in [-0.2, -0.15) is 0 Å². The van der Waals surface area contributed by atoms with Gasteiger partial charge in [0.25, 0.3) is 0 Å². The summed E-state index contributed by atoms with van der Waals surface area (Å²) in [5, 5.41) is 0. The molecule has 2 aromatic rings. The monoisotopic (exact) mass is 322 g/mol. The summed E-state index contributed by atoms with van der Waals surface area (Å²) in [6, 6.07) is 21.2. The van der Waals surface area contributed by atoms with Crippen LogP contribution in [0.25, 0.3) is 0 Å². The number of hydrogen-bond acceptors (Lipinski definition) is 1. The highest BCUT2D eigenvalue weighted by Gasteiger charge is 2.21. The number of rotatable bonds is 9. The molecule has 0 amide bonds. The normalized spacial score (nSPS) is 13.3. The van der Waals surface area contributed by atoms with Crippen molar-refractivity contribution in [2.24, 2.45) is 0 Å². The minimum atomic E-state index is 0.211. The molecule has 2 rings (SSSR count). The Morgan fingerprint density at radius 1 is 0.958 bits per heavy atom. The van der Waals surface area contributed by atoms with E-state index in [-0.39, 0.29) is 6.10 Å². The Balaban J connectivity index is 2.19. The molecule has 0 unspecified atom stereocenters. The van der Waals surface area contributed by atoms with Crippen molar-refractivity contribution >= 4 is 0 Å². The van der Waals surface area contributed by atoms with E-state index in [1.165, 1.54) is 29.5 Å². The fourth-order valence-corrected chi connectivity index (χ4v) is 3.00. The van der Waals surface area contributed by atoms with Crippen molar-refractivity contribution in [3.05, 3.63) is 83.4 Å². The first kappa shape index (κ1) is 18.5. The van der Waals surface area contributed by atoms with Crippen molar-refractivity contribution in [2.75, 3.05) is 0 Å². The van der Waals surface area contributed by atoms with Crippen LogP contribution in [0.4, 0.5) is 0 Å². The fraction of sp³-hybridized carbons (Fsp3) is 0.391. The molecule has 0 aliphatic heterocycles. The molecule has 0 saturated carbocycles. The quantitative estimate of drug-likeness (QED) is 0.478. The number of allylic oxidation sites excluding steroid dienone is 1. The molecule has 2 aromatic carbocycles. The summed E-state index contributed by atoms with van der Waals surface area (Å²) < 4.78 is 6.40. The summed E-state index contributed by atoms with van der Waals surface area (Å²) in [7, 11) is 0. The predicted octanol–water partition coefficient (Wildman–Crippen LogP) is 6.51. The van der Waals surface area contributed by atoms with Gasteiger partial charge in [0, 0.05) is 5.92 Å². The van der Waals surface area contributed by atoms with E-state index in [2.05, 4.69) is 81.4 Å². The lowest BCUT2D eigenvalue weighted by molar-refractivity contribution is 0.0242. The van der Waals surface area contributed by atoms with Crippen molar-refractivity contribution < 1.29 is 4.74 Å². The third kappa shape index (κ3) is 5.98. The standard InChI is InChI=1S/C23H30O/c1-4-5-16-23(24-18-20-12-8-6-9-13-20)22(17-19(2)3)21-14-10-7-11-15-21/h6-15,17,22-23H,4-5,16,18H2,1-3H3/t22-,23-/m0/s1. The second-order valence-electron chi connectivity index (χ2n) is 6.66. The van der Waals surface area contributed by atoms with Gasteiger partial charge in [-0.25, -0.2) is 0 Å². The minimum Gasteiger partial charge on any atom is -0.373 e. The van der Waals surface area contributed by atoms with Gasteiger partial charge in [0.2, 0.25) is 0 Å². The highest BCUT2D eigenvalue weighted by Crippen LogP contribution is 2.29. The maximum absolute atomic E-state index is 6.40. The summed E-state index contributed by atoms with van der Waals surface area (Å²) in [5.41, 5.74) is 3.92. The van der Waals surface area contributed by atoms with Crippen LogP contribution in [-0.4, -0.2) is 6.10 Å². The average Bonchev–Trinajstić information content (AvgIpc) is 2.62. The Hall–Kier alpha value is -1.86. The Bertz CT molecular complexity index is 596. The maximum Gasteiger partial charge on any atom is 0.0721 e. The van der Waals surface area contributed by atoms with E-state index in [0.717, 1.165) is 6.42 Å². The zero-order chi connectivity index (χ0) is 17.2. The lowest BCUT2D eigenvalue weighted by atomic mass is 9.88. The number of benzene rings is 2. The number of unbranched alkanes of at least 4 members (excludes halogenated alkanes) is 1. The molecule has 0 fully saturated rings. The van der Waals surface area contributed by atoms with E-state index in [1.807, 2.05) is 6.07 Å². The molecule has 1 nitrogen and oxygen atoms in total. The van der Waals surface area contributed by atoms with Crippen molar-refractivity contribution in [1.82, 2.24) is 0 Å².